The maximum atomic E-state index is 5.59. The van der Waals surface area contributed by atoms with Crippen LogP contribution in [0.2, 0.25) is 0 Å². The molecule has 1 aliphatic heterocycles. The predicted octanol–water partition coefficient (Wildman–Crippen LogP) is 2.89. The summed E-state index contributed by atoms with van der Waals surface area (Å²) in [6.45, 7) is 3.03. The molecule has 0 aliphatic carbocycles. The molecule has 2 atom stereocenters. The second-order valence-electron chi connectivity index (χ2n) is 5.08. The third-order valence-electron chi connectivity index (χ3n) is 3.73. The molecule has 0 spiro atoms. The van der Waals surface area contributed by atoms with E-state index in [4.69, 9.17) is 4.74 Å². The molecule has 4 nitrogen and oxygen atoms in total. The Labute approximate surface area is 123 Å². The monoisotopic (exact) mass is 289 g/mol. The first-order valence-corrected chi connectivity index (χ1v) is 7.97. The molecule has 1 aliphatic rings. The number of ether oxygens (including phenoxy) is 1. The second-order valence-corrected chi connectivity index (χ2v) is 6.31. The van der Waals surface area contributed by atoms with E-state index in [-0.39, 0.29) is 0 Å². The van der Waals surface area contributed by atoms with Crippen LogP contribution in [0.1, 0.15) is 19.2 Å². The van der Waals surface area contributed by atoms with E-state index in [1.807, 2.05) is 37.0 Å². The highest BCUT2D eigenvalue weighted by Gasteiger charge is 2.25. The molecule has 1 fully saturated rings. The normalized spacial score (nSPS) is 22.3. The van der Waals surface area contributed by atoms with Gasteiger partial charge in [-0.15, -0.1) is 22.0 Å². The summed E-state index contributed by atoms with van der Waals surface area (Å²) in [6, 6.07) is 10.2. The maximum Gasteiger partial charge on any atom is 0.163 e. The molecule has 1 aromatic carbocycles. The van der Waals surface area contributed by atoms with E-state index < -0.39 is 0 Å². The molecule has 1 saturated heterocycles. The molecule has 0 N–H and O–H groups in total. The van der Waals surface area contributed by atoms with Crippen LogP contribution in [0, 0.1) is 0 Å². The van der Waals surface area contributed by atoms with Crippen molar-refractivity contribution in [3.05, 3.63) is 36.2 Å². The SMILES string of the molecule is C[C@H]1OCC[C@@H]1SCc1nnc(-c2ccccc2)n1C. The first-order valence-electron chi connectivity index (χ1n) is 6.92. The van der Waals surface area contributed by atoms with Gasteiger partial charge in [0, 0.05) is 24.5 Å². The molecule has 20 heavy (non-hydrogen) atoms. The number of hydrogen-bond acceptors (Lipinski definition) is 4. The summed E-state index contributed by atoms with van der Waals surface area (Å²) in [6.07, 6.45) is 1.48. The van der Waals surface area contributed by atoms with E-state index in [9.17, 15) is 0 Å². The molecule has 106 valence electrons. The lowest BCUT2D eigenvalue weighted by atomic mass is 10.2. The van der Waals surface area contributed by atoms with Crippen LogP contribution in [0.15, 0.2) is 30.3 Å². The highest BCUT2D eigenvalue weighted by atomic mass is 32.2. The van der Waals surface area contributed by atoms with Gasteiger partial charge in [0.15, 0.2) is 5.82 Å². The van der Waals surface area contributed by atoms with Gasteiger partial charge in [0.05, 0.1) is 11.9 Å². The second kappa shape index (κ2) is 5.97. The van der Waals surface area contributed by atoms with Gasteiger partial charge in [-0.05, 0) is 13.3 Å². The largest absolute Gasteiger partial charge is 0.377 e. The van der Waals surface area contributed by atoms with Crippen molar-refractivity contribution in [2.75, 3.05) is 6.61 Å². The predicted molar refractivity (Wildman–Crippen MR) is 81.6 cm³/mol. The Morgan fingerprint density at radius 1 is 1.30 bits per heavy atom. The zero-order valence-electron chi connectivity index (χ0n) is 11.8. The highest BCUT2D eigenvalue weighted by Crippen LogP contribution is 2.29. The topological polar surface area (TPSA) is 39.9 Å². The third kappa shape index (κ3) is 2.74. The maximum absolute atomic E-state index is 5.59. The number of benzene rings is 1. The van der Waals surface area contributed by atoms with Gasteiger partial charge in [-0.25, -0.2) is 0 Å². The van der Waals surface area contributed by atoms with Crippen molar-refractivity contribution in [3.63, 3.8) is 0 Å². The van der Waals surface area contributed by atoms with Crippen molar-refractivity contribution in [2.24, 2.45) is 7.05 Å². The fourth-order valence-electron chi connectivity index (χ4n) is 2.44. The molecular weight excluding hydrogens is 270 g/mol. The first kappa shape index (κ1) is 13.6. The molecular formula is C15H19N3OS. The Bertz CT molecular complexity index is 570. The molecule has 0 amide bonds. The van der Waals surface area contributed by atoms with Crippen LogP contribution in [0.5, 0.6) is 0 Å². The van der Waals surface area contributed by atoms with Gasteiger partial charge in [-0.2, -0.15) is 0 Å². The van der Waals surface area contributed by atoms with E-state index in [1.54, 1.807) is 0 Å². The molecule has 0 bridgehead atoms. The van der Waals surface area contributed by atoms with E-state index >= 15 is 0 Å². The summed E-state index contributed by atoms with van der Waals surface area (Å²) < 4.78 is 7.68. The smallest absolute Gasteiger partial charge is 0.163 e. The summed E-state index contributed by atoms with van der Waals surface area (Å²) in [5, 5.41) is 9.22. The zero-order chi connectivity index (χ0) is 13.9. The van der Waals surface area contributed by atoms with Crippen LogP contribution in [0.25, 0.3) is 11.4 Å². The number of hydrogen-bond donors (Lipinski definition) is 0. The minimum absolute atomic E-state index is 0.349. The van der Waals surface area contributed by atoms with Gasteiger partial charge >= 0.3 is 0 Å². The lowest BCUT2D eigenvalue weighted by molar-refractivity contribution is 0.127. The van der Waals surface area contributed by atoms with Gasteiger partial charge in [0.25, 0.3) is 0 Å². The Kier molecular flexibility index (Phi) is 4.08. The average Bonchev–Trinajstić information content (AvgIpc) is 3.04. The number of aromatic nitrogens is 3. The van der Waals surface area contributed by atoms with E-state index in [2.05, 4.69) is 33.8 Å². The van der Waals surface area contributed by atoms with Crippen molar-refractivity contribution < 1.29 is 4.74 Å². The van der Waals surface area contributed by atoms with Crippen LogP contribution >= 0.6 is 11.8 Å². The Balaban J connectivity index is 1.71. The standard InChI is InChI=1S/C15H19N3OS/c1-11-13(8-9-19-11)20-10-14-16-17-15(18(14)2)12-6-4-3-5-7-12/h3-7,11,13H,8-10H2,1-2H3/t11-,13+/m1/s1. The fourth-order valence-corrected chi connectivity index (χ4v) is 3.67. The Hall–Kier alpha value is -1.33. The first-order chi connectivity index (χ1) is 9.75. The van der Waals surface area contributed by atoms with Crippen molar-refractivity contribution >= 4 is 11.8 Å². The molecule has 3 rings (SSSR count). The summed E-state index contributed by atoms with van der Waals surface area (Å²) in [4.78, 5) is 0. The van der Waals surface area contributed by atoms with E-state index in [0.29, 0.717) is 11.4 Å². The van der Waals surface area contributed by atoms with E-state index in [1.165, 1.54) is 0 Å². The van der Waals surface area contributed by atoms with Gasteiger partial charge in [0.2, 0.25) is 0 Å². The Morgan fingerprint density at radius 2 is 2.10 bits per heavy atom. The van der Waals surface area contributed by atoms with E-state index in [0.717, 1.165) is 36.0 Å². The van der Waals surface area contributed by atoms with Crippen LogP contribution < -0.4 is 0 Å². The van der Waals surface area contributed by atoms with Gasteiger partial charge in [-0.3, -0.25) is 0 Å². The number of rotatable bonds is 4. The number of nitrogens with zero attached hydrogens (tertiary/aromatic N) is 3. The van der Waals surface area contributed by atoms with Crippen LogP contribution in [-0.2, 0) is 17.5 Å². The lowest BCUT2D eigenvalue weighted by Gasteiger charge is -2.13. The zero-order valence-corrected chi connectivity index (χ0v) is 12.6. The summed E-state index contributed by atoms with van der Waals surface area (Å²) in [5.74, 6) is 2.83. The van der Waals surface area contributed by atoms with Crippen LogP contribution in [-0.4, -0.2) is 32.7 Å². The minimum Gasteiger partial charge on any atom is -0.377 e. The molecule has 1 aromatic heterocycles. The van der Waals surface area contributed by atoms with Crippen molar-refractivity contribution in [1.82, 2.24) is 14.8 Å². The van der Waals surface area contributed by atoms with Crippen LogP contribution in [0.4, 0.5) is 0 Å². The molecule has 5 heteroatoms. The molecule has 0 saturated carbocycles. The summed E-state index contributed by atoms with van der Waals surface area (Å²) >= 11 is 1.92. The Morgan fingerprint density at radius 3 is 2.80 bits per heavy atom. The number of thioether (sulfide) groups is 1. The van der Waals surface area contributed by atoms with Gasteiger partial charge < -0.3 is 9.30 Å². The van der Waals surface area contributed by atoms with Gasteiger partial charge in [0.1, 0.15) is 5.82 Å². The lowest BCUT2D eigenvalue weighted by Crippen LogP contribution is -2.14. The van der Waals surface area contributed by atoms with Crippen LogP contribution in [0.3, 0.4) is 0 Å². The quantitative estimate of drug-likeness (QED) is 0.867. The highest BCUT2D eigenvalue weighted by molar-refractivity contribution is 7.99. The summed E-state index contributed by atoms with van der Waals surface area (Å²) in [7, 11) is 2.03. The van der Waals surface area contributed by atoms with Crippen molar-refractivity contribution in [2.45, 2.75) is 30.5 Å². The fraction of sp³-hybridized carbons (Fsp3) is 0.467. The molecule has 0 unspecified atom stereocenters. The van der Waals surface area contributed by atoms with Crippen molar-refractivity contribution in [3.8, 4) is 11.4 Å². The third-order valence-corrected chi connectivity index (χ3v) is 5.20. The minimum atomic E-state index is 0.349. The van der Waals surface area contributed by atoms with Crippen molar-refractivity contribution in [1.29, 1.82) is 0 Å². The average molecular weight is 289 g/mol. The summed E-state index contributed by atoms with van der Waals surface area (Å²) in [5.41, 5.74) is 1.11. The molecule has 2 aromatic rings. The molecule has 0 radical (unpaired) electrons. The molecule has 2 heterocycles. The van der Waals surface area contributed by atoms with Gasteiger partial charge in [-0.1, -0.05) is 30.3 Å².